The Balaban J connectivity index is 2.15. The van der Waals surface area contributed by atoms with Crippen LogP contribution in [0.3, 0.4) is 0 Å². The molecule has 182 valence electrons. The zero-order valence-corrected chi connectivity index (χ0v) is 19.8. The predicted molar refractivity (Wildman–Crippen MR) is 107 cm³/mol. The average Bonchev–Trinajstić information content (AvgIpc) is 2.95. The van der Waals surface area contributed by atoms with Crippen LogP contribution in [0.1, 0.15) is 25.1 Å². The molecule has 0 saturated carbocycles. The molecule has 1 aromatic heterocycles. The molecule has 1 saturated heterocycles. The number of phosphoric acid groups is 2. The minimum atomic E-state index is -5.51. The van der Waals surface area contributed by atoms with Crippen LogP contribution in [0.2, 0.25) is 0 Å². The molecular weight excluding hydrogens is 521 g/mol. The molecule has 0 radical (unpaired) electrons. The summed E-state index contributed by atoms with van der Waals surface area (Å²) >= 11 is 4.52. The van der Waals surface area contributed by atoms with Crippen LogP contribution < -0.4 is 11.2 Å². The molecule has 1 fully saturated rings. The van der Waals surface area contributed by atoms with E-state index in [0.717, 1.165) is 11.5 Å². The van der Waals surface area contributed by atoms with E-state index in [2.05, 4.69) is 25.4 Å². The van der Waals surface area contributed by atoms with Gasteiger partial charge in [-0.25, -0.2) is 18.2 Å². The molecule has 0 bridgehead atoms. The van der Waals surface area contributed by atoms with Gasteiger partial charge in [-0.15, -0.1) is 0 Å². The van der Waals surface area contributed by atoms with E-state index in [9.17, 15) is 33.3 Å². The van der Waals surface area contributed by atoms with Gasteiger partial charge in [0.15, 0.2) is 0 Å². The molecule has 20 heteroatoms. The van der Waals surface area contributed by atoms with E-state index >= 15 is 0 Å². The van der Waals surface area contributed by atoms with Gasteiger partial charge in [0, 0.05) is 25.1 Å². The number of rotatable bonds is 9. The fourth-order valence-corrected chi connectivity index (χ4v) is 6.60. The molecule has 5 atom stereocenters. The minimum absolute atomic E-state index is 0.0754. The number of carbonyl (C=O) groups excluding carboxylic acids is 1. The maximum Gasteiger partial charge on any atom is 0.488 e. The van der Waals surface area contributed by atoms with Crippen molar-refractivity contribution in [3.05, 3.63) is 32.6 Å². The van der Waals surface area contributed by atoms with Crippen molar-refractivity contribution in [1.82, 2.24) is 9.55 Å². The lowest BCUT2D eigenvalue weighted by Gasteiger charge is -2.22. The molecule has 0 aliphatic carbocycles. The molecule has 1 aliphatic heterocycles. The normalized spacial score (nSPS) is 25.1. The Kier molecular flexibility index (Phi) is 8.54. The van der Waals surface area contributed by atoms with Crippen LogP contribution in [-0.2, 0) is 48.4 Å². The number of nitrogens with one attached hydrogen (secondary N) is 1. The van der Waals surface area contributed by atoms with Gasteiger partial charge in [0.25, 0.3) is 5.56 Å². The number of hydrogen-bond acceptors (Lipinski definition) is 11. The molecule has 2 rings (SSSR count). The molecule has 0 spiro atoms. The highest BCUT2D eigenvalue weighted by molar-refractivity contribution is 8.08. The lowest BCUT2D eigenvalue weighted by molar-refractivity contribution is -0.150. The van der Waals surface area contributed by atoms with Gasteiger partial charge < -0.3 is 33.6 Å². The van der Waals surface area contributed by atoms with Crippen molar-refractivity contribution in [2.75, 3.05) is 6.61 Å². The highest BCUT2D eigenvalue weighted by Gasteiger charge is 2.42. The Labute approximate surface area is 184 Å². The number of H-pyrrole nitrogens is 1. The lowest BCUT2D eigenvalue weighted by Crippen LogP contribution is -2.33. The van der Waals surface area contributed by atoms with Crippen LogP contribution in [0.15, 0.2) is 15.8 Å². The summed E-state index contributed by atoms with van der Waals surface area (Å²) in [7, 11) is -11.0. The van der Waals surface area contributed by atoms with Crippen molar-refractivity contribution in [3.8, 4) is 0 Å². The Hall–Kier alpha value is -1.06. The summed E-state index contributed by atoms with van der Waals surface area (Å²) in [6.45, 7) is -2.75. The van der Waals surface area contributed by atoms with E-state index in [1.165, 1.54) is 13.1 Å². The van der Waals surface area contributed by atoms with E-state index in [1.807, 2.05) is 0 Å². The molecule has 5 N–H and O–H groups in total. The first-order chi connectivity index (χ1) is 14.5. The Morgan fingerprint density at radius 2 is 1.91 bits per heavy atom. The van der Waals surface area contributed by atoms with Gasteiger partial charge >= 0.3 is 34.0 Å². The van der Waals surface area contributed by atoms with Crippen LogP contribution in [0, 0.1) is 6.92 Å². The molecule has 1 aromatic rings. The minimum Gasteiger partial charge on any atom is -0.460 e. The average molecular weight is 540 g/mol. The highest BCUT2D eigenvalue weighted by Crippen LogP contribution is 2.66. The van der Waals surface area contributed by atoms with Crippen molar-refractivity contribution in [1.29, 1.82) is 0 Å². The number of hydrogen-bond donors (Lipinski definition) is 5. The Bertz CT molecular complexity index is 1130. The molecule has 2 heterocycles. The Morgan fingerprint density at radius 1 is 1.28 bits per heavy atom. The first-order valence-electron chi connectivity index (χ1n) is 8.41. The van der Waals surface area contributed by atoms with Crippen molar-refractivity contribution in [2.45, 2.75) is 38.7 Å². The number of nitrogens with zero attached hydrogens (tertiary/aromatic N) is 1. The third-order valence-corrected chi connectivity index (χ3v) is 8.49. The standard InChI is InChI=1S/C12H19N2O14P3S/c1-6-4-14(12(17)13-11(6)16)10-3-8(25-7(2)15)9(26-10)5-24-31(23,32)28-30(21,22)27-29(18,19)20/h4,8-10H,3,5H2,1-2H3,(H,21,22)(H,23,32)(H,13,16,17)(H2,18,19,20)/t8-,9+,10+,31?/m0/s1. The van der Waals surface area contributed by atoms with Gasteiger partial charge in [-0.05, 0) is 18.7 Å². The van der Waals surface area contributed by atoms with Gasteiger partial charge in [0.1, 0.15) is 18.4 Å². The largest absolute Gasteiger partial charge is 0.488 e. The number of aromatic amines is 1. The maximum absolute atomic E-state index is 12.1. The summed E-state index contributed by atoms with van der Waals surface area (Å²) in [5.74, 6) is -0.719. The van der Waals surface area contributed by atoms with Crippen molar-refractivity contribution >= 4 is 40.1 Å². The summed E-state index contributed by atoms with van der Waals surface area (Å²) in [4.78, 5) is 73.5. The van der Waals surface area contributed by atoms with Gasteiger partial charge in [-0.3, -0.25) is 19.1 Å². The quantitative estimate of drug-likeness (QED) is 0.197. The summed E-state index contributed by atoms with van der Waals surface area (Å²) in [6.07, 6.45) is -2.08. The second-order valence-corrected chi connectivity index (χ2v) is 12.2. The topological polar surface area (TPSA) is 233 Å². The zero-order chi connectivity index (χ0) is 24.5. The number of ether oxygens (including phenoxy) is 2. The number of esters is 1. The zero-order valence-electron chi connectivity index (χ0n) is 16.3. The summed E-state index contributed by atoms with van der Waals surface area (Å²) < 4.78 is 46.5. The SMILES string of the molecule is CC(=O)O[C@H]1C[C@H](n2cc(C)c(=O)[nH]c2=O)O[C@@H]1COP(O)(=S)OP(=O)(O)OP(=O)(O)O. The number of aromatic nitrogens is 2. The van der Waals surface area contributed by atoms with E-state index in [-0.39, 0.29) is 12.0 Å². The fourth-order valence-electron chi connectivity index (χ4n) is 2.63. The summed E-state index contributed by atoms with van der Waals surface area (Å²) in [5, 5.41) is 0. The van der Waals surface area contributed by atoms with Crippen LogP contribution >= 0.6 is 22.4 Å². The third-order valence-electron chi connectivity index (χ3n) is 3.77. The van der Waals surface area contributed by atoms with Gasteiger partial charge in [-0.1, -0.05) is 0 Å². The van der Waals surface area contributed by atoms with Crippen LogP contribution in [-0.4, -0.2) is 53.9 Å². The summed E-state index contributed by atoms with van der Waals surface area (Å²) in [5.41, 5.74) is -1.22. The highest BCUT2D eigenvalue weighted by atomic mass is 32.5. The second-order valence-electron chi connectivity index (χ2n) is 6.38. The fraction of sp³-hybridized carbons (Fsp3) is 0.583. The van der Waals surface area contributed by atoms with Crippen molar-refractivity contribution < 1.29 is 56.1 Å². The van der Waals surface area contributed by atoms with Gasteiger partial charge in [-0.2, -0.15) is 4.31 Å². The Morgan fingerprint density at radius 3 is 2.47 bits per heavy atom. The van der Waals surface area contributed by atoms with E-state index < -0.39 is 64.6 Å². The van der Waals surface area contributed by atoms with Crippen LogP contribution in [0.5, 0.6) is 0 Å². The van der Waals surface area contributed by atoms with E-state index in [0.29, 0.717) is 0 Å². The van der Waals surface area contributed by atoms with Gasteiger partial charge in [0.2, 0.25) is 0 Å². The first kappa shape index (κ1) is 27.2. The molecule has 0 amide bonds. The van der Waals surface area contributed by atoms with E-state index in [4.69, 9.17) is 23.8 Å². The first-order valence-corrected chi connectivity index (χ1v) is 14.0. The lowest BCUT2D eigenvalue weighted by atomic mass is 10.2. The summed E-state index contributed by atoms with van der Waals surface area (Å²) in [6, 6.07) is 0. The number of aryl methyl sites for hydroxylation is 1. The van der Waals surface area contributed by atoms with Crippen LogP contribution in [0.4, 0.5) is 0 Å². The second kappa shape index (κ2) is 10.1. The molecule has 32 heavy (non-hydrogen) atoms. The van der Waals surface area contributed by atoms with Crippen molar-refractivity contribution in [2.24, 2.45) is 0 Å². The molecule has 0 aromatic carbocycles. The number of carbonyl (C=O) groups is 1. The monoisotopic (exact) mass is 540 g/mol. The third kappa shape index (κ3) is 8.06. The molecule has 16 nitrogen and oxygen atoms in total. The molecule has 1 aliphatic rings. The van der Waals surface area contributed by atoms with Crippen LogP contribution in [0.25, 0.3) is 0 Å². The molecular formula is C12H19N2O14P3S. The van der Waals surface area contributed by atoms with E-state index in [1.54, 1.807) is 0 Å². The van der Waals surface area contributed by atoms with Gasteiger partial charge in [0.05, 0.1) is 6.61 Å². The smallest absolute Gasteiger partial charge is 0.460 e. The molecule has 2 unspecified atom stereocenters. The maximum atomic E-state index is 12.1. The predicted octanol–water partition coefficient (Wildman–Crippen LogP) is -0.476. The van der Waals surface area contributed by atoms with Crippen molar-refractivity contribution in [3.63, 3.8) is 0 Å².